The predicted octanol–water partition coefficient (Wildman–Crippen LogP) is 3.86. The van der Waals surface area contributed by atoms with Crippen molar-refractivity contribution in [2.45, 2.75) is 0 Å². The highest BCUT2D eigenvalue weighted by molar-refractivity contribution is 6.11. The summed E-state index contributed by atoms with van der Waals surface area (Å²) in [4.78, 5) is 28.7. The minimum atomic E-state index is -0.597. The molecule has 1 aliphatic rings. The van der Waals surface area contributed by atoms with Gasteiger partial charge in [-0.25, -0.2) is 14.6 Å². The largest absolute Gasteiger partial charge is 0.497 e. The van der Waals surface area contributed by atoms with E-state index < -0.39 is 11.9 Å². The molecule has 8 heteroatoms. The first-order valence-corrected chi connectivity index (χ1v) is 9.18. The number of rotatable bonds is 6. The van der Waals surface area contributed by atoms with E-state index >= 15 is 0 Å². The Morgan fingerprint density at radius 1 is 1.00 bits per heavy atom. The van der Waals surface area contributed by atoms with Gasteiger partial charge in [-0.2, -0.15) is 0 Å². The molecule has 0 amide bonds. The fraction of sp³-hybridized carbons (Fsp3) is 0.0870. The lowest BCUT2D eigenvalue weighted by molar-refractivity contribution is -0.130. The van der Waals surface area contributed by atoms with E-state index in [4.69, 9.17) is 23.4 Å². The molecule has 4 rings (SSSR count). The molecule has 31 heavy (non-hydrogen) atoms. The van der Waals surface area contributed by atoms with E-state index in [2.05, 4.69) is 4.99 Å². The molecule has 0 N–H and O–H groups in total. The number of carbonyl (C=O) groups is 2. The van der Waals surface area contributed by atoms with Gasteiger partial charge in [0, 0.05) is 0 Å². The Bertz CT molecular complexity index is 1180. The quantitative estimate of drug-likeness (QED) is 0.340. The van der Waals surface area contributed by atoms with Crippen LogP contribution in [0.1, 0.15) is 21.7 Å². The minimum Gasteiger partial charge on any atom is -0.497 e. The molecule has 0 aliphatic carbocycles. The summed E-state index contributed by atoms with van der Waals surface area (Å²) < 4.78 is 26.2. The molecule has 0 radical (unpaired) electrons. The van der Waals surface area contributed by atoms with Crippen molar-refractivity contribution in [1.82, 2.24) is 0 Å². The standard InChI is InChI=1S/C23H17NO7/c1-27-16-8-6-15(7-9-16)22(25)30-18-10-5-14(13-20(18)28-2)12-17-23(26)31-21(24-17)19-4-3-11-29-19/h3-13H,1-2H3/b17-12+. The number of cyclic esters (lactones) is 1. The van der Waals surface area contributed by atoms with Crippen LogP contribution in [-0.4, -0.2) is 32.1 Å². The average molecular weight is 419 g/mol. The zero-order chi connectivity index (χ0) is 21.8. The lowest BCUT2D eigenvalue weighted by Gasteiger charge is -2.10. The van der Waals surface area contributed by atoms with Crippen LogP contribution in [0, 0.1) is 0 Å². The number of hydrogen-bond acceptors (Lipinski definition) is 8. The molecule has 0 fully saturated rings. The maximum Gasteiger partial charge on any atom is 0.363 e. The molecule has 3 aromatic rings. The molecule has 0 saturated heterocycles. The second-order valence-corrected chi connectivity index (χ2v) is 6.34. The van der Waals surface area contributed by atoms with Crippen LogP contribution >= 0.6 is 0 Å². The maximum absolute atomic E-state index is 12.4. The van der Waals surface area contributed by atoms with Gasteiger partial charge in [-0.1, -0.05) is 6.07 Å². The lowest BCUT2D eigenvalue weighted by atomic mass is 10.1. The van der Waals surface area contributed by atoms with E-state index in [-0.39, 0.29) is 17.3 Å². The van der Waals surface area contributed by atoms with E-state index in [0.717, 1.165) is 0 Å². The van der Waals surface area contributed by atoms with Crippen molar-refractivity contribution in [2.75, 3.05) is 14.2 Å². The molecule has 1 aliphatic heterocycles. The highest BCUT2D eigenvalue weighted by Crippen LogP contribution is 2.30. The fourth-order valence-corrected chi connectivity index (χ4v) is 2.82. The summed E-state index contributed by atoms with van der Waals surface area (Å²) in [6, 6.07) is 14.7. The summed E-state index contributed by atoms with van der Waals surface area (Å²) >= 11 is 0. The van der Waals surface area contributed by atoms with Gasteiger partial charge in [0.25, 0.3) is 5.90 Å². The Labute approximate surface area is 177 Å². The third kappa shape index (κ3) is 4.32. The monoisotopic (exact) mass is 419 g/mol. The molecular formula is C23H17NO7. The van der Waals surface area contributed by atoms with Gasteiger partial charge in [0.2, 0.25) is 0 Å². The number of hydrogen-bond donors (Lipinski definition) is 0. The summed E-state index contributed by atoms with van der Waals surface area (Å²) in [5, 5.41) is 0. The van der Waals surface area contributed by atoms with E-state index in [1.165, 1.54) is 19.4 Å². The van der Waals surface area contributed by atoms with Crippen LogP contribution in [0.4, 0.5) is 0 Å². The van der Waals surface area contributed by atoms with Gasteiger partial charge in [-0.3, -0.25) is 0 Å². The Balaban J connectivity index is 1.54. The van der Waals surface area contributed by atoms with E-state index in [0.29, 0.717) is 28.4 Å². The second-order valence-electron chi connectivity index (χ2n) is 6.34. The number of ether oxygens (including phenoxy) is 4. The van der Waals surface area contributed by atoms with Crippen LogP contribution in [-0.2, 0) is 9.53 Å². The predicted molar refractivity (Wildman–Crippen MR) is 110 cm³/mol. The van der Waals surface area contributed by atoms with E-state index in [1.54, 1.807) is 61.7 Å². The molecule has 2 aromatic carbocycles. The summed E-state index contributed by atoms with van der Waals surface area (Å²) in [7, 11) is 3.00. The van der Waals surface area contributed by atoms with Crippen LogP contribution in [0.15, 0.2) is 76.0 Å². The van der Waals surface area contributed by atoms with Crippen LogP contribution in [0.5, 0.6) is 17.2 Å². The van der Waals surface area contributed by atoms with E-state index in [1.807, 2.05) is 0 Å². The zero-order valence-corrected chi connectivity index (χ0v) is 16.7. The number of carbonyl (C=O) groups excluding carboxylic acids is 2. The van der Waals surface area contributed by atoms with Crippen LogP contribution in [0.2, 0.25) is 0 Å². The summed E-state index contributed by atoms with van der Waals surface area (Å²) in [6.07, 6.45) is 3.00. The molecule has 8 nitrogen and oxygen atoms in total. The maximum atomic E-state index is 12.4. The van der Waals surface area contributed by atoms with Crippen LogP contribution < -0.4 is 14.2 Å². The van der Waals surface area contributed by atoms with Gasteiger partial charge in [0.15, 0.2) is 23.0 Å². The topological polar surface area (TPSA) is 96.6 Å². The summed E-state index contributed by atoms with van der Waals surface area (Å²) in [5.74, 6) is 0.500. The normalized spacial score (nSPS) is 14.2. The van der Waals surface area contributed by atoms with Gasteiger partial charge < -0.3 is 23.4 Å². The molecule has 0 saturated carbocycles. The number of nitrogens with zero attached hydrogens (tertiary/aromatic N) is 1. The third-order valence-electron chi connectivity index (χ3n) is 4.37. The molecule has 0 unspecified atom stereocenters. The third-order valence-corrected chi connectivity index (χ3v) is 4.37. The minimum absolute atomic E-state index is 0.0956. The van der Waals surface area contributed by atoms with Crippen molar-refractivity contribution < 1.29 is 33.0 Å². The van der Waals surface area contributed by atoms with Gasteiger partial charge in [-0.05, 0) is 60.2 Å². The molecule has 0 bridgehead atoms. The Hall–Kier alpha value is -4.33. The first-order chi connectivity index (χ1) is 15.1. The summed E-state index contributed by atoms with van der Waals surface area (Å²) in [5.41, 5.74) is 1.08. The summed E-state index contributed by atoms with van der Waals surface area (Å²) in [6.45, 7) is 0. The molecule has 156 valence electrons. The Kier molecular flexibility index (Phi) is 5.53. The van der Waals surface area contributed by atoms with Crippen molar-refractivity contribution in [3.63, 3.8) is 0 Å². The number of benzene rings is 2. The highest BCUT2D eigenvalue weighted by atomic mass is 16.6. The van der Waals surface area contributed by atoms with Gasteiger partial charge in [0.05, 0.1) is 26.0 Å². The van der Waals surface area contributed by atoms with Gasteiger partial charge in [0.1, 0.15) is 5.75 Å². The van der Waals surface area contributed by atoms with Crippen molar-refractivity contribution in [2.24, 2.45) is 4.99 Å². The molecule has 1 aromatic heterocycles. The van der Waals surface area contributed by atoms with Crippen molar-refractivity contribution in [1.29, 1.82) is 0 Å². The molecule has 0 atom stereocenters. The Morgan fingerprint density at radius 2 is 1.81 bits per heavy atom. The van der Waals surface area contributed by atoms with Gasteiger partial charge >= 0.3 is 11.9 Å². The van der Waals surface area contributed by atoms with Gasteiger partial charge in [-0.15, -0.1) is 0 Å². The number of aliphatic imine (C=N–C) groups is 1. The number of esters is 2. The first-order valence-electron chi connectivity index (χ1n) is 9.18. The molecule has 0 spiro atoms. The van der Waals surface area contributed by atoms with Crippen molar-refractivity contribution in [3.8, 4) is 17.2 Å². The lowest BCUT2D eigenvalue weighted by Crippen LogP contribution is -2.09. The smallest absolute Gasteiger partial charge is 0.363 e. The highest BCUT2D eigenvalue weighted by Gasteiger charge is 2.26. The van der Waals surface area contributed by atoms with Crippen LogP contribution in [0.25, 0.3) is 6.08 Å². The number of furan rings is 1. The SMILES string of the molecule is COc1ccc(C(=O)Oc2ccc(/C=C3/N=C(c4ccco4)OC3=O)cc2OC)cc1. The first kappa shape index (κ1) is 20.0. The van der Waals surface area contributed by atoms with Crippen molar-refractivity contribution >= 4 is 23.9 Å². The fourth-order valence-electron chi connectivity index (χ4n) is 2.82. The number of methoxy groups -OCH3 is 2. The molecular weight excluding hydrogens is 402 g/mol. The Morgan fingerprint density at radius 3 is 2.48 bits per heavy atom. The van der Waals surface area contributed by atoms with E-state index in [9.17, 15) is 9.59 Å². The van der Waals surface area contributed by atoms with Crippen LogP contribution in [0.3, 0.4) is 0 Å². The molecule has 2 heterocycles. The second kappa shape index (κ2) is 8.58. The zero-order valence-electron chi connectivity index (χ0n) is 16.7. The average Bonchev–Trinajstić information content (AvgIpc) is 3.45. The van der Waals surface area contributed by atoms with Crippen molar-refractivity contribution in [3.05, 3.63) is 83.4 Å².